The molecule has 1 aliphatic rings. The summed E-state index contributed by atoms with van der Waals surface area (Å²) in [5.74, 6) is -0.234. The van der Waals surface area contributed by atoms with Crippen molar-refractivity contribution in [3.63, 3.8) is 0 Å². The van der Waals surface area contributed by atoms with Crippen LogP contribution in [0.5, 0.6) is 0 Å². The van der Waals surface area contributed by atoms with Gasteiger partial charge in [-0.25, -0.2) is 0 Å². The van der Waals surface area contributed by atoms with Crippen molar-refractivity contribution in [2.45, 2.75) is 19.8 Å². The van der Waals surface area contributed by atoms with E-state index >= 15 is 0 Å². The lowest BCUT2D eigenvalue weighted by molar-refractivity contribution is -0.119. The molecule has 0 aromatic heterocycles. The average Bonchev–Trinajstić information content (AvgIpc) is 2.03. The van der Waals surface area contributed by atoms with E-state index in [0.717, 1.165) is 18.4 Å². The van der Waals surface area contributed by atoms with Crippen molar-refractivity contribution in [3.05, 3.63) is 23.8 Å². The lowest BCUT2D eigenvalue weighted by Gasteiger charge is -2.17. The van der Waals surface area contributed by atoms with Gasteiger partial charge in [0, 0.05) is 5.92 Å². The monoisotopic (exact) mass is 164 g/mol. The van der Waals surface area contributed by atoms with Crippen molar-refractivity contribution in [3.8, 4) is 0 Å². The van der Waals surface area contributed by atoms with Crippen molar-refractivity contribution < 1.29 is 9.59 Å². The molecule has 0 bridgehead atoms. The second-order valence-electron chi connectivity index (χ2n) is 3.18. The molecule has 1 atom stereocenters. The molecule has 0 spiro atoms. The van der Waals surface area contributed by atoms with Gasteiger partial charge in [0.1, 0.15) is 6.29 Å². The Labute approximate surface area is 72.0 Å². The Bertz CT molecular complexity index is 261. The Morgan fingerprint density at radius 2 is 2.42 bits per heavy atom. The van der Waals surface area contributed by atoms with Gasteiger partial charge in [0.05, 0.1) is 0 Å². The number of ketones is 1. The zero-order valence-electron chi connectivity index (χ0n) is 7.17. The normalized spacial score (nSPS) is 23.2. The summed E-state index contributed by atoms with van der Waals surface area (Å²) in [7, 11) is 0. The van der Waals surface area contributed by atoms with E-state index in [1.807, 2.05) is 6.92 Å². The number of hydrogen-bond donors (Lipinski definition) is 0. The van der Waals surface area contributed by atoms with Crippen molar-refractivity contribution in [1.29, 1.82) is 0 Å². The molecule has 0 amide bonds. The van der Waals surface area contributed by atoms with E-state index in [0.29, 0.717) is 11.9 Å². The van der Waals surface area contributed by atoms with E-state index in [1.165, 1.54) is 0 Å². The number of hydrogen-bond acceptors (Lipinski definition) is 2. The number of rotatable bonds is 2. The Morgan fingerprint density at radius 1 is 1.75 bits per heavy atom. The van der Waals surface area contributed by atoms with E-state index in [9.17, 15) is 9.59 Å². The van der Waals surface area contributed by atoms with Gasteiger partial charge in [0.25, 0.3) is 0 Å². The van der Waals surface area contributed by atoms with Gasteiger partial charge in [-0.3, -0.25) is 9.59 Å². The molecule has 0 fully saturated rings. The minimum atomic E-state index is -0.258. The standard InChI is InChI=1S/C10H12O2/c1-7-3-4-9(8(2)6-11)10(12)5-7/h5-6,9H,2-4H2,1H3/t9-/m1/s1. The molecule has 12 heavy (non-hydrogen) atoms. The first-order valence-electron chi connectivity index (χ1n) is 4.00. The highest BCUT2D eigenvalue weighted by Gasteiger charge is 2.22. The molecule has 2 nitrogen and oxygen atoms in total. The predicted molar refractivity (Wildman–Crippen MR) is 46.7 cm³/mol. The minimum Gasteiger partial charge on any atom is -0.298 e. The van der Waals surface area contributed by atoms with Gasteiger partial charge in [-0.05, 0) is 31.4 Å². The Balaban J connectivity index is 2.78. The maximum atomic E-state index is 11.3. The van der Waals surface area contributed by atoms with Crippen LogP contribution in [0.4, 0.5) is 0 Å². The minimum absolute atomic E-state index is 0.0239. The summed E-state index contributed by atoms with van der Waals surface area (Å²) in [6.07, 6.45) is 3.92. The van der Waals surface area contributed by atoms with E-state index in [2.05, 4.69) is 6.58 Å². The van der Waals surface area contributed by atoms with Crippen LogP contribution in [-0.2, 0) is 9.59 Å². The average molecular weight is 164 g/mol. The Kier molecular flexibility index (Phi) is 2.58. The number of aldehydes is 1. The van der Waals surface area contributed by atoms with E-state index in [1.54, 1.807) is 6.08 Å². The van der Waals surface area contributed by atoms with Crippen LogP contribution in [0.25, 0.3) is 0 Å². The quantitative estimate of drug-likeness (QED) is 0.459. The van der Waals surface area contributed by atoms with Gasteiger partial charge in [0.15, 0.2) is 5.78 Å². The summed E-state index contributed by atoms with van der Waals surface area (Å²) in [6, 6.07) is 0. The van der Waals surface area contributed by atoms with Crippen molar-refractivity contribution in [1.82, 2.24) is 0 Å². The second kappa shape index (κ2) is 3.48. The van der Waals surface area contributed by atoms with Crippen molar-refractivity contribution in [2.24, 2.45) is 5.92 Å². The van der Waals surface area contributed by atoms with E-state index in [-0.39, 0.29) is 11.7 Å². The Morgan fingerprint density at radius 3 is 2.92 bits per heavy atom. The summed E-state index contributed by atoms with van der Waals surface area (Å²) in [5.41, 5.74) is 1.50. The van der Waals surface area contributed by atoms with Crippen LogP contribution in [0.2, 0.25) is 0 Å². The van der Waals surface area contributed by atoms with Crippen LogP contribution >= 0.6 is 0 Å². The predicted octanol–water partition coefficient (Wildman–Crippen LogP) is 1.67. The summed E-state index contributed by atoms with van der Waals surface area (Å²) >= 11 is 0. The molecule has 0 radical (unpaired) electrons. The first-order chi connectivity index (χ1) is 5.65. The molecular formula is C10H12O2. The summed E-state index contributed by atoms with van der Waals surface area (Å²) in [5, 5.41) is 0. The van der Waals surface area contributed by atoms with Gasteiger partial charge in [-0.15, -0.1) is 0 Å². The molecule has 0 N–H and O–H groups in total. The summed E-state index contributed by atoms with van der Waals surface area (Å²) in [6.45, 7) is 5.48. The van der Waals surface area contributed by atoms with Gasteiger partial charge in [0.2, 0.25) is 0 Å². The van der Waals surface area contributed by atoms with E-state index in [4.69, 9.17) is 0 Å². The topological polar surface area (TPSA) is 34.1 Å². The van der Waals surface area contributed by atoms with Crippen LogP contribution in [0.15, 0.2) is 23.8 Å². The third-order valence-electron chi connectivity index (χ3n) is 2.16. The molecule has 64 valence electrons. The molecule has 1 aliphatic carbocycles. The maximum absolute atomic E-state index is 11.3. The third-order valence-corrected chi connectivity index (χ3v) is 2.16. The van der Waals surface area contributed by atoms with Gasteiger partial charge < -0.3 is 0 Å². The fraction of sp³-hybridized carbons (Fsp3) is 0.400. The maximum Gasteiger partial charge on any atom is 0.163 e. The molecule has 0 saturated carbocycles. The smallest absolute Gasteiger partial charge is 0.163 e. The van der Waals surface area contributed by atoms with Crippen molar-refractivity contribution in [2.75, 3.05) is 0 Å². The highest BCUT2D eigenvalue weighted by atomic mass is 16.1. The first kappa shape index (κ1) is 8.91. The lowest BCUT2D eigenvalue weighted by Crippen LogP contribution is -2.19. The largest absolute Gasteiger partial charge is 0.298 e. The van der Waals surface area contributed by atoms with E-state index < -0.39 is 0 Å². The Hall–Kier alpha value is -1.18. The third kappa shape index (κ3) is 1.70. The highest BCUT2D eigenvalue weighted by molar-refractivity contribution is 5.99. The fourth-order valence-electron chi connectivity index (χ4n) is 1.38. The zero-order chi connectivity index (χ0) is 9.14. The molecule has 0 aromatic rings. The molecule has 0 aliphatic heterocycles. The molecule has 0 heterocycles. The number of carbonyl (C=O) groups is 2. The van der Waals surface area contributed by atoms with Crippen LogP contribution < -0.4 is 0 Å². The molecule has 0 aromatic carbocycles. The number of carbonyl (C=O) groups excluding carboxylic acids is 2. The van der Waals surface area contributed by atoms with Gasteiger partial charge in [-0.1, -0.05) is 12.2 Å². The highest BCUT2D eigenvalue weighted by Crippen LogP contribution is 2.24. The zero-order valence-corrected chi connectivity index (χ0v) is 7.17. The molecule has 0 saturated heterocycles. The number of allylic oxidation sites excluding steroid dienone is 3. The fourth-order valence-corrected chi connectivity index (χ4v) is 1.38. The SMILES string of the molecule is C=C(C=O)[C@H]1CCC(C)=CC1=O. The second-order valence-corrected chi connectivity index (χ2v) is 3.18. The summed E-state index contributed by atoms with van der Waals surface area (Å²) in [4.78, 5) is 21.7. The van der Waals surface area contributed by atoms with Crippen LogP contribution in [0.1, 0.15) is 19.8 Å². The molecule has 2 heteroatoms. The van der Waals surface area contributed by atoms with Crippen LogP contribution in [-0.4, -0.2) is 12.1 Å². The molecular weight excluding hydrogens is 152 g/mol. The first-order valence-corrected chi connectivity index (χ1v) is 4.00. The summed E-state index contributed by atoms with van der Waals surface area (Å²) < 4.78 is 0. The van der Waals surface area contributed by atoms with Crippen molar-refractivity contribution >= 4 is 12.1 Å². The van der Waals surface area contributed by atoms with Crippen LogP contribution in [0, 0.1) is 5.92 Å². The van der Waals surface area contributed by atoms with Gasteiger partial charge in [-0.2, -0.15) is 0 Å². The van der Waals surface area contributed by atoms with Crippen LogP contribution in [0.3, 0.4) is 0 Å². The van der Waals surface area contributed by atoms with Gasteiger partial charge >= 0.3 is 0 Å². The molecule has 1 rings (SSSR count). The lowest BCUT2D eigenvalue weighted by atomic mass is 9.85. The molecule has 0 unspecified atom stereocenters.